The molecule has 0 aliphatic heterocycles. The van der Waals surface area contributed by atoms with Gasteiger partial charge in [0, 0.05) is 0 Å². The van der Waals surface area contributed by atoms with Crippen LogP contribution in [0.3, 0.4) is 0 Å². The van der Waals surface area contributed by atoms with Gasteiger partial charge in [-0.2, -0.15) is 0 Å². The van der Waals surface area contributed by atoms with Crippen molar-refractivity contribution in [1.82, 2.24) is 10.2 Å². The van der Waals surface area contributed by atoms with Crippen LogP contribution in [0.2, 0.25) is 0 Å². The van der Waals surface area contributed by atoms with Crippen molar-refractivity contribution in [3.63, 3.8) is 0 Å². The van der Waals surface area contributed by atoms with Gasteiger partial charge < -0.3 is 10.1 Å². The van der Waals surface area contributed by atoms with Gasteiger partial charge in [-0.1, -0.05) is 71.6 Å². The van der Waals surface area contributed by atoms with Gasteiger partial charge in [-0.15, -0.1) is 10.2 Å². The number of carbonyl (C=O) groups is 1. The van der Waals surface area contributed by atoms with E-state index < -0.39 is 0 Å². The standard InChI is InChI=1S/C19H19N3O2S3/c1-3-25-18-21-22-19(27-18)26-12-17(23)20-15-6-4-5-7-16(15)24-14-10-8-13(2)9-11-14/h4-11H,3,12H2,1-2H3,(H,20,23). The Morgan fingerprint density at radius 1 is 1.07 bits per heavy atom. The predicted octanol–water partition coefficient (Wildman–Crippen LogP) is 5.48. The SMILES string of the molecule is CCSc1nnc(SCC(=O)Nc2ccccc2Oc2ccc(C)cc2)s1. The second-order valence-corrected chi connectivity index (χ2v) is 9.23. The molecule has 0 bridgehead atoms. The van der Waals surface area contributed by atoms with Gasteiger partial charge in [0.05, 0.1) is 11.4 Å². The highest BCUT2D eigenvalue weighted by Crippen LogP contribution is 2.31. The molecule has 1 N–H and O–H groups in total. The number of anilines is 1. The Bertz CT molecular complexity index is 897. The van der Waals surface area contributed by atoms with Gasteiger partial charge in [0.1, 0.15) is 5.75 Å². The molecule has 0 atom stereocenters. The van der Waals surface area contributed by atoms with Crippen LogP contribution in [0.1, 0.15) is 12.5 Å². The molecule has 0 fully saturated rings. The topological polar surface area (TPSA) is 64.1 Å². The van der Waals surface area contributed by atoms with Crippen LogP contribution in [-0.4, -0.2) is 27.6 Å². The summed E-state index contributed by atoms with van der Waals surface area (Å²) < 4.78 is 7.64. The fourth-order valence-corrected chi connectivity index (χ4v) is 4.86. The first kappa shape index (κ1) is 19.7. The molecule has 0 aliphatic carbocycles. The number of hydrogen-bond acceptors (Lipinski definition) is 7. The van der Waals surface area contributed by atoms with Crippen molar-refractivity contribution in [2.75, 3.05) is 16.8 Å². The second kappa shape index (κ2) is 9.77. The van der Waals surface area contributed by atoms with Crippen molar-refractivity contribution in [2.24, 2.45) is 0 Å². The zero-order valence-electron chi connectivity index (χ0n) is 15.0. The van der Waals surface area contributed by atoms with Crippen molar-refractivity contribution < 1.29 is 9.53 Å². The molecule has 0 radical (unpaired) electrons. The fraction of sp³-hybridized carbons (Fsp3) is 0.211. The summed E-state index contributed by atoms with van der Waals surface area (Å²) in [6.45, 7) is 4.10. The number of carbonyl (C=O) groups excluding carboxylic acids is 1. The zero-order valence-corrected chi connectivity index (χ0v) is 17.4. The highest BCUT2D eigenvalue weighted by Gasteiger charge is 2.11. The molecule has 3 aromatic rings. The lowest BCUT2D eigenvalue weighted by molar-refractivity contribution is -0.113. The van der Waals surface area contributed by atoms with Gasteiger partial charge in [0.2, 0.25) is 5.91 Å². The summed E-state index contributed by atoms with van der Waals surface area (Å²) in [5.74, 6) is 2.45. The number of aromatic nitrogens is 2. The first-order chi connectivity index (χ1) is 13.1. The van der Waals surface area contributed by atoms with E-state index in [2.05, 4.69) is 22.4 Å². The minimum atomic E-state index is -0.111. The molecule has 140 valence electrons. The molecule has 1 amide bonds. The molecule has 2 aromatic carbocycles. The average Bonchev–Trinajstić information content (AvgIpc) is 3.11. The Morgan fingerprint density at radius 3 is 2.52 bits per heavy atom. The van der Waals surface area contributed by atoms with Crippen LogP contribution in [0.15, 0.2) is 57.2 Å². The molecule has 1 aromatic heterocycles. The average molecular weight is 418 g/mol. The third kappa shape index (κ3) is 5.98. The lowest BCUT2D eigenvalue weighted by atomic mass is 10.2. The maximum atomic E-state index is 12.3. The van der Waals surface area contributed by atoms with E-state index in [0.29, 0.717) is 11.4 Å². The van der Waals surface area contributed by atoms with Gasteiger partial charge in [-0.3, -0.25) is 4.79 Å². The fourth-order valence-electron chi connectivity index (χ4n) is 2.14. The maximum absolute atomic E-state index is 12.3. The Hall–Kier alpha value is -2.03. The molecule has 3 rings (SSSR count). The second-order valence-electron chi connectivity index (χ2n) is 5.52. The summed E-state index contributed by atoms with van der Waals surface area (Å²) in [6.07, 6.45) is 0. The highest BCUT2D eigenvalue weighted by atomic mass is 32.2. The number of benzene rings is 2. The van der Waals surface area contributed by atoms with Crippen LogP contribution in [0.5, 0.6) is 11.5 Å². The molecule has 0 spiro atoms. The van der Waals surface area contributed by atoms with Crippen LogP contribution in [0.4, 0.5) is 5.69 Å². The number of nitrogens with one attached hydrogen (secondary N) is 1. The molecule has 1 heterocycles. The summed E-state index contributed by atoms with van der Waals surface area (Å²) in [7, 11) is 0. The molecule has 0 saturated carbocycles. The zero-order chi connectivity index (χ0) is 19.1. The van der Waals surface area contributed by atoms with Crippen LogP contribution in [0.25, 0.3) is 0 Å². The van der Waals surface area contributed by atoms with Gasteiger partial charge in [0.15, 0.2) is 14.4 Å². The van der Waals surface area contributed by atoms with E-state index in [1.165, 1.54) is 23.1 Å². The quantitative estimate of drug-likeness (QED) is 0.490. The largest absolute Gasteiger partial charge is 0.455 e. The molecular weight excluding hydrogens is 398 g/mol. The number of nitrogens with zero attached hydrogens (tertiary/aromatic N) is 2. The highest BCUT2D eigenvalue weighted by molar-refractivity contribution is 8.03. The van der Waals surface area contributed by atoms with Crippen molar-refractivity contribution in [3.05, 3.63) is 54.1 Å². The van der Waals surface area contributed by atoms with Gasteiger partial charge in [0.25, 0.3) is 0 Å². The Balaban J connectivity index is 1.59. The summed E-state index contributed by atoms with van der Waals surface area (Å²) in [5.41, 5.74) is 1.81. The van der Waals surface area contributed by atoms with E-state index >= 15 is 0 Å². The van der Waals surface area contributed by atoms with Crippen molar-refractivity contribution in [2.45, 2.75) is 22.5 Å². The molecule has 0 saturated heterocycles. The smallest absolute Gasteiger partial charge is 0.234 e. The van der Waals surface area contributed by atoms with Gasteiger partial charge in [-0.25, -0.2) is 0 Å². The lowest BCUT2D eigenvalue weighted by Crippen LogP contribution is -2.14. The molecule has 27 heavy (non-hydrogen) atoms. The minimum Gasteiger partial charge on any atom is -0.455 e. The first-order valence-electron chi connectivity index (χ1n) is 8.36. The molecule has 0 unspecified atom stereocenters. The van der Waals surface area contributed by atoms with Crippen molar-refractivity contribution in [3.8, 4) is 11.5 Å². The molecule has 8 heteroatoms. The number of amides is 1. The maximum Gasteiger partial charge on any atom is 0.234 e. The molecule has 0 aliphatic rings. The van der Waals surface area contributed by atoms with E-state index in [1.54, 1.807) is 11.8 Å². The Morgan fingerprint density at radius 2 is 1.78 bits per heavy atom. The summed E-state index contributed by atoms with van der Waals surface area (Å²) >= 11 is 4.55. The van der Waals surface area contributed by atoms with Crippen molar-refractivity contribution >= 4 is 46.5 Å². The van der Waals surface area contributed by atoms with Gasteiger partial charge in [-0.05, 0) is 36.9 Å². The summed E-state index contributed by atoms with van der Waals surface area (Å²) in [4.78, 5) is 12.3. The van der Waals surface area contributed by atoms with Gasteiger partial charge >= 0.3 is 0 Å². The molecular formula is C19H19N3O2S3. The van der Waals surface area contributed by atoms with E-state index in [9.17, 15) is 4.79 Å². The number of thioether (sulfide) groups is 2. The van der Waals surface area contributed by atoms with E-state index in [-0.39, 0.29) is 11.7 Å². The van der Waals surface area contributed by atoms with Crippen LogP contribution in [-0.2, 0) is 4.79 Å². The van der Waals surface area contributed by atoms with Crippen LogP contribution in [0, 0.1) is 6.92 Å². The number of aryl methyl sites for hydroxylation is 1. The third-order valence-corrected chi connectivity index (χ3v) is 6.46. The number of para-hydroxylation sites is 2. The number of ether oxygens (including phenoxy) is 1. The van der Waals surface area contributed by atoms with E-state index in [0.717, 1.165) is 25.7 Å². The monoisotopic (exact) mass is 417 g/mol. The number of hydrogen-bond donors (Lipinski definition) is 1. The third-order valence-electron chi connectivity index (χ3n) is 3.39. The normalized spacial score (nSPS) is 10.6. The summed E-state index contributed by atoms with van der Waals surface area (Å²) in [5, 5.41) is 11.1. The number of rotatable bonds is 8. The Labute approximate surface area is 170 Å². The predicted molar refractivity (Wildman–Crippen MR) is 113 cm³/mol. The first-order valence-corrected chi connectivity index (χ1v) is 11.2. The van der Waals surface area contributed by atoms with Crippen LogP contribution < -0.4 is 10.1 Å². The lowest BCUT2D eigenvalue weighted by Gasteiger charge is -2.12. The Kier molecular flexibility index (Phi) is 7.14. The van der Waals surface area contributed by atoms with E-state index in [1.807, 2.05) is 55.5 Å². The van der Waals surface area contributed by atoms with Crippen LogP contribution >= 0.6 is 34.9 Å². The molecule has 5 nitrogen and oxygen atoms in total. The van der Waals surface area contributed by atoms with E-state index in [4.69, 9.17) is 4.74 Å². The van der Waals surface area contributed by atoms with Crippen molar-refractivity contribution in [1.29, 1.82) is 0 Å². The minimum absolute atomic E-state index is 0.111. The summed E-state index contributed by atoms with van der Waals surface area (Å²) in [6, 6.07) is 15.2.